The number of aromatic nitrogens is 9. The average Bonchev–Trinajstić information content (AvgIpc) is 3.07. The van der Waals surface area contributed by atoms with E-state index < -0.39 is 5.60 Å². The van der Waals surface area contributed by atoms with E-state index in [0.29, 0.717) is 36.7 Å². The number of β-amino-alcohol motifs (C(OH)–C–C–N with tert-alkyl or cyclic N) is 1. The fraction of sp³-hybridized carbons (Fsp3) is 0.722. The van der Waals surface area contributed by atoms with Crippen molar-refractivity contribution in [3.63, 3.8) is 0 Å². The van der Waals surface area contributed by atoms with Gasteiger partial charge in [-0.25, -0.2) is 19.3 Å². The van der Waals surface area contributed by atoms with Crippen molar-refractivity contribution >= 4 is 17.0 Å². The first-order valence-electron chi connectivity index (χ1n) is 10.1. The summed E-state index contributed by atoms with van der Waals surface area (Å²) < 4.78 is 3.62. The largest absolute Gasteiger partial charge is 0.388 e. The van der Waals surface area contributed by atoms with E-state index in [2.05, 4.69) is 51.5 Å². The van der Waals surface area contributed by atoms with Gasteiger partial charge >= 0.3 is 0 Å². The summed E-state index contributed by atoms with van der Waals surface area (Å²) in [6.07, 6.45) is 2.89. The van der Waals surface area contributed by atoms with Gasteiger partial charge in [0.1, 0.15) is 12.4 Å². The van der Waals surface area contributed by atoms with Gasteiger partial charge in [-0.15, -0.1) is 10.2 Å². The first-order chi connectivity index (χ1) is 13.7. The summed E-state index contributed by atoms with van der Waals surface area (Å²) >= 11 is 0. The third-order valence-corrected chi connectivity index (χ3v) is 5.51. The van der Waals surface area contributed by atoms with Gasteiger partial charge in [0.2, 0.25) is 0 Å². The predicted molar refractivity (Wildman–Crippen MR) is 104 cm³/mol. The lowest BCUT2D eigenvalue weighted by Gasteiger charge is -2.23. The fourth-order valence-corrected chi connectivity index (χ4v) is 3.68. The molecule has 0 unspecified atom stereocenters. The summed E-state index contributed by atoms with van der Waals surface area (Å²) in [5.74, 6) is 2.20. The highest BCUT2D eigenvalue weighted by Crippen LogP contribution is 2.35. The molecule has 4 heterocycles. The standard InChI is InChI=1S/C18H26N10O/c1-17(2,3)16-19-14(26-8-7-18(4,29)10-26)13-15(20-16)27(24-22-13)9-12-21-23-25-28(12)11-5-6-11/h11,29H,5-10H2,1-4H3/t18-/m1/s1. The summed E-state index contributed by atoms with van der Waals surface area (Å²) in [6.45, 7) is 9.73. The SMILES string of the molecule is CC(C)(C)c1nc(N2CC[C@@](C)(O)C2)c2nnn(Cc3nnnn3C3CC3)c2n1. The van der Waals surface area contributed by atoms with Gasteiger partial charge in [0, 0.05) is 18.5 Å². The highest BCUT2D eigenvalue weighted by Gasteiger charge is 2.35. The predicted octanol–water partition coefficient (Wildman–Crippen LogP) is 0.850. The smallest absolute Gasteiger partial charge is 0.184 e. The first kappa shape index (κ1) is 18.3. The second-order valence-corrected chi connectivity index (χ2v) is 9.48. The zero-order chi connectivity index (χ0) is 20.4. The van der Waals surface area contributed by atoms with E-state index >= 15 is 0 Å². The topological polar surface area (TPSA) is 124 Å². The molecule has 11 nitrogen and oxygen atoms in total. The number of nitrogens with zero attached hydrogens (tertiary/aromatic N) is 10. The number of fused-ring (bicyclic) bond motifs is 1. The number of aliphatic hydroxyl groups is 1. The lowest BCUT2D eigenvalue weighted by atomic mass is 9.96. The normalized spacial score (nSPS) is 22.7. The molecule has 0 spiro atoms. The van der Waals surface area contributed by atoms with Crippen molar-refractivity contribution in [2.45, 2.75) is 70.6 Å². The molecule has 1 N–H and O–H groups in total. The second kappa shape index (κ2) is 6.15. The van der Waals surface area contributed by atoms with E-state index in [0.717, 1.165) is 36.9 Å². The van der Waals surface area contributed by atoms with E-state index in [1.165, 1.54) is 0 Å². The maximum absolute atomic E-state index is 10.4. The van der Waals surface area contributed by atoms with Gasteiger partial charge in [-0.05, 0) is 36.6 Å². The molecule has 0 amide bonds. The monoisotopic (exact) mass is 398 g/mol. The first-order valence-corrected chi connectivity index (χ1v) is 10.1. The summed E-state index contributed by atoms with van der Waals surface area (Å²) in [7, 11) is 0. The van der Waals surface area contributed by atoms with Gasteiger partial charge in [-0.3, -0.25) is 0 Å². The molecule has 5 rings (SSSR count). The number of tetrazole rings is 1. The Hall–Kier alpha value is -2.69. The molecule has 0 aromatic carbocycles. The Morgan fingerprint density at radius 1 is 1.14 bits per heavy atom. The van der Waals surface area contributed by atoms with Crippen molar-refractivity contribution in [2.24, 2.45) is 0 Å². The van der Waals surface area contributed by atoms with Gasteiger partial charge in [-0.2, -0.15) is 0 Å². The van der Waals surface area contributed by atoms with Crippen LogP contribution in [0.15, 0.2) is 0 Å². The van der Waals surface area contributed by atoms with Crippen LogP contribution in [0.2, 0.25) is 0 Å². The average molecular weight is 398 g/mol. The maximum atomic E-state index is 10.4. The van der Waals surface area contributed by atoms with Gasteiger partial charge in [0.05, 0.1) is 11.6 Å². The van der Waals surface area contributed by atoms with Crippen molar-refractivity contribution in [3.8, 4) is 0 Å². The van der Waals surface area contributed by atoms with Crippen molar-refractivity contribution in [2.75, 3.05) is 18.0 Å². The van der Waals surface area contributed by atoms with Crippen molar-refractivity contribution in [1.82, 2.24) is 45.2 Å². The van der Waals surface area contributed by atoms with Crippen LogP contribution >= 0.6 is 0 Å². The number of anilines is 1. The van der Waals surface area contributed by atoms with Crippen molar-refractivity contribution < 1.29 is 5.11 Å². The Kier molecular flexibility index (Phi) is 3.89. The number of rotatable bonds is 4. The van der Waals surface area contributed by atoms with Crippen LogP contribution in [0.1, 0.15) is 64.6 Å². The molecule has 154 valence electrons. The van der Waals surface area contributed by atoms with Gasteiger partial charge in [0.25, 0.3) is 0 Å². The minimum absolute atomic E-state index is 0.240. The molecule has 0 bridgehead atoms. The minimum atomic E-state index is -0.735. The highest BCUT2D eigenvalue weighted by atomic mass is 16.3. The molecule has 1 saturated heterocycles. The van der Waals surface area contributed by atoms with Gasteiger partial charge < -0.3 is 10.0 Å². The lowest BCUT2D eigenvalue weighted by Crippen LogP contribution is -2.31. The number of hydrogen-bond donors (Lipinski definition) is 1. The van der Waals surface area contributed by atoms with Gasteiger partial charge in [-0.1, -0.05) is 26.0 Å². The Labute approximate surface area is 168 Å². The van der Waals surface area contributed by atoms with Crippen molar-refractivity contribution in [3.05, 3.63) is 11.6 Å². The molecule has 2 fully saturated rings. The summed E-state index contributed by atoms with van der Waals surface area (Å²) in [5, 5.41) is 31.3. The Bertz CT molecular complexity index is 1060. The van der Waals surface area contributed by atoms with Crippen LogP contribution < -0.4 is 4.90 Å². The Balaban J connectivity index is 1.59. The molecule has 11 heteroatoms. The van der Waals surface area contributed by atoms with E-state index in [-0.39, 0.29) is 5.41 Å². The number of hydrogen-bond acceptors (Lipinski definition) is 9. The van der Waals surface area contributed by atoms with E-state index in [4.69, 9.17) is 9.97 Å². The molecule has 1 atom stereocenters. The molecule has 1 aliphatic carbocycles. The quantitative estimate of drug-likeness (QED) is 0.681. The highest BCUT2D eigenvalue weighted by molar-refractivity contribution is 5.83. The molecule has 29 heavy (non-hydrogen) atoms. The third kappa shape index (κ3) is 3.33. The van der Waals surface area contributed by atoms with Crippen LogP contribution in [0, 0.1) is 0 Å². The van der Waals surface area contributed by atoms with Crippen LogP contribution in [0.3, 0.4) is 0 Å². The fourth-order valence-electron chi connectivity index (χ4n) is 3.68. The molecule has 0 radical (unpaired) electrons. The van der Waals surface area contributed by atoms with Crippen LogP contribution in [-0.4, -0.2) is 69.0 Å². The molecule has 3 aromatic heterocycles. The molecular weight excluding hydrogens is 372 g/mol. The molecule has 1 saturated carbocycles. The zero-order valence-corrected chi connectivity index (χ0v) is 17.2. The van der Waals surface area contributed by atoms with Crippen molar-refractivity contribution in [1.29, 1.82) is 0 Å². The van der Waals surface area contributed by atoms with E-state index in [9.17, 15) is 5.11 Å². The molecule has 3 aromatic rings. The Morgan fingerprint density at radius 3 is 2.59 bits per heavy atom. The lowest BCUT2D eigenvalue weighted by molar-refractivity contribution is 0.0839. The Morgan fingerprint density at radius 2 is 1.93 bits per heavy atom. The van der Waals surface area contributed by atoms with Crippen LogP contribution in [-0.2, 0) is 12.0 Å². The van der Waals surface area contributed by atoms with E-state index in [1.54, 1.807) is 4.68 Å². The summed E-state index contributed by atoms with van der Waals surface area (Å²) in [4.78, 5) is 11.7. The third-order valence-electron chi connectivity index (χ3n) is 5.51. The summed E-state index contributed by atoms with van der Waals surface area (Å²) in [6, 6.07) is 0.386. The van der Waals surface area contributed by atoms with Crippen LogP contribution in [0.4, 0.5) is 5.82 Å². The van der Waals surface area contributed by atoms with Crippen LogP contribution in [0.25, 0.3) is 11.2 Å². The molecule has 2 aliphatic rings. The van der Waals surface area contributed by atoms with Crippen LogP contribution in [0.5, 0.6) is 0 Å². The maximum Gasteiger partial charge on any atom is 0.184 e. The minimum Gasteiger partial charge on any atom is -0.388 e. The second-order valence-electron chi connectivity index (χ2n) is 9.48. The zero-order valence-electron chi connectivity index (χ0n) is 17.2. The van der Waals surface area contributed by atoms with Gasteiger partial charge in [0.15, 0.2) is 22.8 Å². The molecular formula is C18H26N10O. The summed E-state index contributed by atoms with van der Waals surface area (Å²) in [5.41, 5.74) is 0.329. The molecule has 1 aliphatic heterocycles. The van der Waals surface area contributed by atoms with E-state index in [1.807, 2.05) is 11.6 Å².